The van der Waals surface area contributed by atoms with Gasteiger partial charge in [0.1, 0.15) is 11.5 Å². The number of rotatable bonds is 6. The minimum absolute atomic E-state index is 0.341. The van der Waals surface area contributed by atoms with Gasteiger partial charge in [-0.3, -0.25) is 4.79 Å². The lowest BCUT2D eigenvalue weighted by Crippen LogP contribution is -2.01. The predicted octanol–water partition coefficient (Wildman–Crippen LogP) is 3.39. The Bertz CT molecular complexity index is 487. The Morgan fingerprint density at radius 3 is 2.68 bits per heavy atom. The van der Waals surface area contributed by atoms with Crippen molar-refractivity contribution in [2.75, 3.05) is 0 Å². The van der Waals surface area contributed by atoms with Crippen molar-refractivity contribution in [1.82, 2.24) is 0 Å². The van der Waals surface area contributed by atoms with E-state index in [1.54, 1.807) is 0 Å². The molecule has 2 fully saturated rings. The first kappa shape index (κ1) is 12.5. The molecule has 3 heteroatoms. The molecule has 0 heterocycles. The van der Waals surface area contributed by atoms with Gasteiger partial charge in [0.15, 0.2) is 0 Å². The number of ether oxygens (including phenoxy) is 1. The van der Waals surface area contributed by atoms with Crippen molar-refractivity contribution in [3.63, 3.8) is 0 Å². The molecule has 0 saturated heterocycles. The van der Waals surface area contributed by atoms with Crippen LogP contribution in [0.1, 0.15) is 49.7 Å². The van der Waals surface area contributed by atoms with Crippen LogP contribution in [0.3, 0.4) is 0 Å². The lowest BCUT2D eigenvalue weighted by molar-refractivity contribution is -0.120. The van der Waals surface area contributed by atoms with E-state index in [2.05, 4.69) is 6.92 Å². The van der Waals surface area contributed by atoms with Gasteiger partial charge in [0.05, 0.1) is 0 Å². The van der Waals surface area contributed by atoms with Crippen molar-refractivity contribution < 1.29 is 14.6 Å². The van der Waals surface area contributed by atoms with Gasteiger partial charge in [0.25, 0.3) is 6.47 Å². The van der Waals surface area contributed by atoms with Crippen LogP contribution in [0, 0.1) is 11.8 Å². The van der Waals surface area contributed by atoms with Crippen LogP contribution in [0.2, 0.25) is 0 Å². The fraction of sp³-hybridized carbons (Fsp3) is 0.562. The summed E-state index contributed by atoms with van der Waals surface area (Å²) in [4.78, 5) is 10.5. The molecule has 1 N–H and O–H groups in total. The van der Waals surface area contributed by atoms with Gasteiger partial charge in [-0.05, 0) is 67.6 Å². The van der Waals surface area contributed by atoms with Crippen LogP contribution in [0.25, 0.3) is 0 Å². The summed E-state index contributed by atoms with van der Waals surface area (Å²) in [5.41, 5.74) is 1.88. The standard InChI is InChI=1S/C16H20O3/c1-10(12-4-5-12)15-8-14(19-9-17)7-13(16(15)18)6-11-2-3-11/h7-12,18H,2-6H2,1H3. The van der Waals surface area contributed by atoms with E-state index in [9.17, 15) is 9.90 Å². The number of aromatic hydroxyl groups is 1. The number of hydrogen-bond donors (Lipinski definition) is 1. The van der Waals surface area contributed by atoms with Gasteiger partial charge >= 0.3 is 0 Å². The summed E-state index contributed by atoms with van der Waals surface area (Å²) in [6.45, 7) is 2.61. The Labute approximate surface area is 113 Å². The average Bonchev–Trinajstić information content (AvgIpc) is 3.26. The number of phenolic OH excluding ortho intramolecular Hbond substituents is 1. The molecule has 3 rings (SSSR count). The zero-order chi connectivity index (χ0) is 13.4. The SMILES string of the molecule is CC(c1cc(OC=O)cc(CC2CC2)c1O)C1CC1. The highest BCUT2D eigenvalue weighted by atomic mass is 16.5. The van der Waals surface area contributed by atoms with Gasteiger partial charge in [0.2, 0.25) is 0 Å². The summed E-state index contributed by atoms with van der Waals surface area (Å²) >= 11 is 0. The third kappa shape index (κ3) is 2.75. The Hall–Kier alpha value is -1.51. The van der Waals surface area contributed by atoms with E-state index in [0.717, 1.165) is 17.5 Å². The summed E-state index contributed by atoms with van der Waals surface area (Å²) in [6.07, 6.45) is 5.85. The molecule has 0 bridgehead atoms. The zero-order valence-electron chi connectivity index (χ0n) is 11.3. The largest absolute Gasteiger partial charge is 0.507 e. The molecule has 0 aromatic heterocycles. The molecule has 1 aromatic rings. The summed E-state index contributed by atoms with van der Waals surface area (Å²) in [5.74, 6) is 2.69. The van der Waals surface area contributed by atoms with Crippen LogP contribution in [0.15, 0.2) is 12.1 Å². The summed E-state index contributed by atoms with van der Waals surface area (Å²) in [5, 5.41) is 10.5. The molecule has 102 valence electrons. The van der Waals surface area contributed by atoms with E-state index in [1.807, 2.05) is 12.1 Å². The number of hydrogen-bond acceptors (Lipinski definition) is 3. The van der Waals surface area contributed by atoms with Crippen molar-refractivity contribution in [2.45, 2.75) is 44.9 Å². The highest BCUT2D eigenvalue weighted by Crippen LogP contribution is 2.47. The first-order valence-corrected chi connectivity index (χ1v) is 7.15. The summed E-state index contributed by atoms with van der Waals surface area (Å²) in [6, 6.07) is 3.63. The van der Waals surface area contributed by atoms with Crippen LogP contribution in [-0.4, -0.2) is 11.6 Å². The van der Waals surface area contributed by atoms with Crippen LogP contribution >= 0.6 is 0 Å². The normalized spacial score (nSPS) is 20.1. The maximum Gasteiger partial charge on any atom is 0.298 e. The van der Waals surface area contributed by atoms with Crippen molar-refractivity contribution in [3.05, 3.63) is 23.3 Å². The molecule has 0 amide bonds. The fourth-order valence-electron chi connectivity index (χ4n) is 2.80. The molecule has 1 atom stereocenters. The van der Waals surface area contributed by atoms with E-state index in [0.29, 0.717) is 35.7 Å². The van der Waals surface area contributed by atoms with Crippen molar-refractivity contribution in [2.24, 2.45) is 11.8 Å². The van der Waals surface area contributed by atoms with Gasteiger partial charge in [-0.1, -0.05) is 6.92 Å². The van der Waals surface area contributed by atoms with Crippen LogP contribution < -0.4 is 4.74 Å². The lowest BCUT2D eigenvalue weighted by Gasteiger charge is -2.17. The molecule has 2 saturated carbocycles. The maximum absolute atomic E-state index is 10.5. The van der Waals surface area contributed by atoms with Crippen molar-refractivity contribution >= 4 is 6.47 Å². The minimum Gasteiger partial charge on any atom is -0.507 e. The smallest absolute Gasteiger partial charge is 0.298 e. The highest BCUT2D eigenvalue weighted by Gasteiger charge is 2.32. The Morgan fingerprint density at radius 2 is 2.11 bits per heavy atom. The van der Waals surface area contributed by atoms with Crippen molar-refractivity contribution in [1.29, 1.82) is 0 Å². The Morgan fingerprint density at radius 1 is 1.37 bits per heavy atom. The first-order valence-electron chi connectivity index (χ1n) is 7.15. The maximum atomic E-state index is 10.5. The monoisotopic (exact) mass is 260 g/mol. The first-order chi connectivity index (χ1) is 9.19. The highest BCUT2D eigenvalue weighted by molar-refractivity contribution is 5.53. The molecule has 1 aromatic carbocycles. The quantitative estimate of drug-likeness (QED) is 0.797. The van der Waals surface area contributed by atoms with E-state index >= 15 is 0 Å². The molecule has 0 radical (unpaired) electrons. The number of phenols is 1. The van der Waals surface area contributed by atoms with Gasteiger partial charge in [0, 0.05) is 5.56 Å². The molecule has 2 aliphatic carbocycles. The summed E-state index contributed by atoms with van der Waals surface area (Å²) < 4.78 is 5.00. The molecule has 3 nitrogen and oxygen atoms in total. The fourth-order valence-corrected chi connectivity index (χ4v) is 2.80. The molecular formula is C16H20O3. The third-order valence-electron chi connectivity index (χ3n) is 4.40. The second-order valence-electron chi connectivity index (χ2n) is 6.01. The zero-order valence-corrected chi connectivity index (χ0v) is 11.3. The Balaban J connectivity index is 1.94. The van der Waals surface area contributed by atoms with Gasteiger partial charge in [-0.2, -0.15) is 0 Å². The molecule has 1 unspecified atom stereocenters. The predicted molar refractivity (Wildman–Crippen MR) is 72.4 cm³/mol. The van der Waals surface area contributed by atoms with Gasteiger partial charge in [-0.15, -0.1) is 0 Å². The molecule has 2 aliphatic rings. The molecule has 0 spiro atoms. The lowest BCUT2D eigenvalue weighted by atomic mass is 9.92. The number of carbonyl (C=O) groups is 1. The topological polar surface area (TPSA) is 46.5 Å². The van der Waals surface area contributed by atoms with Gasteiger partial charge < -0.3 is 9.84 Å². The number of carbonyl (C=O) groups excluding carboxylic acids is 1. The van der Waals surface area contributed by atoms with Crippen molar-refractivity contribution in [3.8, 4) is 11.5 Å². The van der Waals surface area contributed by atoms with Gasteiger partial charge in [-0.25, -0.2) is 0 Å². The van der Waals surface area contributed by atoms with E-state index in [4.69, 9.17) is 4.74 Å². The van der Waals surface area contributed by atoms with Crippen LogP contribution in [-0.2, 0) is 11.2 Å². The van der Waals surface area contributed by atoms with E-state index in [-0.39, 0.29) is 0 Å². The minimum atomic E-state index is 0.341. The number of benzene rings is 1. The Kier molecular flexibility index (Phi) is 3.21. The molecular weight excluding hydrogens is 240 g/mol. The molecule has 19 heavy (non-hydrogen) atoms. The van der Waals surface area contributed by atoms with Crippen LogP contribution in [0.5, 0.6) is 11.5 Å². The summed E-state index contributed by atoms with van der Waals surface area (Å²) in [7, 11) is 0. The van der Waals surface area contributed by atoms with Crippen LogP contribution in [0.4, 0.5) is 0 Å². The van der Waals surface area contributed by atoms with E-state index < -0.39 is 0 Å². The third-order valence-corrected chi connectivity index (χ3v) is 4.40. The van der Waals surface area contributed by atoms with E-state index in [1.165, 1.54) is 25.7 Å². The average molecular weight is 260 g/mol. The molecule has 0 aliphatic heterocycles. The second-order valence-corrected chi connectivity index (χ2v) is 6.01. The second kappa shape index (κ2) is 4.87.